The molecule has 2 N–H and O–H groups in total. The van der Waals surface area contributed by atoms with Crippen molar-refractivity contribution in [1.29, 1.82) is 0 Å². The first-order valence-electron chi connectivity index (χ1n) is 10.2. The Morgan fingerprint density at radius 1 is 0.844 bits per heavy atom. The van der Waals surface area contributed by atoms with Crippen LogP contribution in [-0.2, 0) is 24.3 Å². The molecule has 0 atom stereocenters. The summed E-state index contributed by atoms with van der Waals surface area (Å²) < 4.78 is 0. The van der Waals surface area contributed by atoms with Crippen molar-refractivity contribution in [1.82, 2.24) is 10.3 Å². The Balaban J connectivity index is 1.48. The lowest BCUT2D eigenvalue weighted by Gasteiger charge is -2.10. The zero-order valence-electron chi connectivity index (χ0n) is 17.2. The molecule has 5 nitrogen and oxygen atoms in total. The summed E-state index contributed by atoms with van der Waals surface area (Å²) in [5.41, 5.74) is 3.65. The Hall–Kier alpha value is -3.54. The normalized spacial score (nSPS) is 10.9. The summed E-state index contributed by atoms with van der Waals surface area (Å²) in [7, 11) is 0. The average Bonchev–Trinajstić information content (AvgIpc) is 2.80. The predicted molar refractivity (Wildman–Crippen MR) is 125 cm³/mol. The highest BCUT2D eigenvalue weighted by Crippen LogP contribution is 2.24. The maximum atomic E-state index is 13.1. The second-order valence-electron chi connectivity index (χ2n) is 7.50. The Bertz CT molecular complexity index is 1270. The van der Waals surface area contributed by atoms with E-state index in [1.807, 2.05) is 54.6 Å². The molecule has 0 radical (unpaired) electrons. The number of hydrogen-bond acceptors (Lipinski definition) is 4. The fourth-order valence-corrected chi connectivity index (χ4v) is 3.73. The zero-order valence-corrected chi connectivity index (χ0v) is 18.0. The van der Waals surface area contributed by atoms with Gasteiger partial charge in [-0.15, -0.1) is 0 Å². The van der Waals surface area contributed by atoms with Gasteiger partial charge in [-0.1, -0.05) is 72.3 Å². The summed E-state index contributed by atoms with van der Waals surface area (Å²) in [5, 5.41) is 14.6. The maximum absolute atomic E-state index is 13.1. The number of benzene rings is 3. The number of carbonyl (C=O) groups is 2. The van der Waals surface area contributed by atoms with Gasteiger partial charge < -0.3 is 10.4 Å². The van der Waals surface area contributed by atoms with Gasteiger partial charge in [-0.25, -0.2) is 0 Å². The number of aromatic nitrogens is 1. The standard InChI is InChI=1S/C26H21ClN2O3/c27-21-11-7-18(8-12-21)15-28-14-17-5-9-19(10-6-17)26(32)25-23-4-2-1-3-22(23)20(16-29-25)13-24(30)31/h1-12,16,28H,13-15H2,(H,30,31). The zero-order chi connectivity index (χ0) is 22.5. The number of rotatable bonds is 8. The summed E-state index contributed by atoms with van der Waals surface area (Å²) in [6.45, 7) is 1.39. The highest BCUT2D eigenvalue weighted by molar-refractivity contribution is 6.30. The van der Waals surface area contributed by atoms with Crippen molar-refractivity contribution in [3.05, 3.63) is 112 Å². The minimum Gasteiger partial charge on any atom is -0.481 e. The van der Waals surface area contributed by atoms with Crippen LogP contribution in [0.3, 0.4) is 0 Å². The molecule has 0 unspecified atom stereocenters. The molecule has 1 aromatic heterocycles. The number of fused-ring (bicyclic) bond motifs is 1. The number of nitrogens with one attached hydrogen (secondary N) is 1. The number of halogens is 1. The van der Waals surface area contributed by atoms with Crippen LogP contribution in [0.5, 0.6) is 0 Å². The third-order valence-corrected chi connectivity index (χ3v) is 5.47. The molecule has 0 bridgehead atoms. The topological polar surface area (TPSA) is 79.3 Å². The largest absolute Gasteiger partial charge is 0.481 e. The van der Waals surface area contributed by atoms with Gasteiger partial charge in [-0.2, -0.15) is 0 Å². The number of aliphatic carboxylic acids is 1. The first-order chi connectivity index (χ1) is 15.5. The fourth-order valence-electron chi connectivity index (χ4n) is 3.60. The van der Waals surface area contributed by atoms with Crippen molar-refractivity contribution in [2.24, 2.45) is 0 Å². The van der Waals surface area contributed by atoms with Crippen molar-refractivity contribution >= 4 is 34.1 Å². The van der Waals surface area contributed by atoms with Crippen LogP contribution in [0.2, 0.25) is 5.02 Å². The summed E-state index contributed by atoms with van der Waals surface area (Å²) in [5.74, 6) is -1.12. The smallest absolute Gasteiger partial charge is 0.307 e. The van der Waals surface area contributed by atoms with Gasteiger partial charge in [0.15, 0.2) is 0 Å². The number of carboxylic acid groups (broad SMARTS) is 1. The molecule has 4 aromatic rings. The van der Waals surface area contributed by atoms with Gasteiger partial charge in [0.2, 0.25) is 5.78 Å². The van der Waals surface area contributed by atoms with E-state index in [0.717, 1.165) is 23.1 Å². The molecule has 6 heteroatoms. The number of carbonyl (C=O) groups excluding carboxylic acids is 1. The lowest BCUT2D eigenvalue weighted by molar-refractivity contribution is -0.136. The van der Waals surface area contributed by atoms with Crippen LogP contribution in [0.15, 0.2) is 79.0 Å². The molecule has 1 heterocycles. The van der Waals surface area contributed by atoms with Crippen LogP contribution in [0.4, 0.5) is 0 Å². The number of nitrogens with zero attached hydrogens (tertiary/aromatic N) is 1. The van der Waals surface area contributed by atoms with Gasteiger partial charge in [0.25, 0.3) is 0 Å². The molecule has 32 heavy (non-hydrogen) atoms. The maximum Gasteiger partial charge on any atom is 0.307 e. The van der Waals surface area contributed by atoms with Crippen LogP contribution in [0.25, 0.3) is 10.8 Å². The first-order valence-corrected chi connectivity index (χ1v) is 10.6. The van der Waals surface area contributed by atoms with E-state index >= 15 is 0 Å². The van der Waals surface area contributed by atoms with Gasteiger partial charge in [-0.3, -0.25) is 14.6 Å². The first kappa shape index (κ1) is 21.7. The number of pyridine rings is 1. The van der Waals surface area contributed by atoms with Crippen LogP contribution in [0, 0.1) is 0 Å². The Morgan fingerprint density at radius 3 is 2.06 bits per heavy atom. The highest BCUT2D eigenvalue weighted by Gasteiger charge is 2.17. The highest BCUT2D eigenvalue weighted by atomic mass is 35.5. The molecule has 4 rings (SSSR count). The molecular weight excluding hydrogens is 424 g/mol. The molecule has 0 aliphatic carbocycles. The number of hydrogen-bond donors (Lipinski definition) is 2. The lowest BCUT2D eigenvalue weighted by Crippen LogP contribution is -2.13. The molecule has 0 amide bonds. The summed E-state index contributed by atoms with van der Waals surface area (Å²) >= 11 is 5.91. The summed E-state index contributed by atoms with van der Waals surface area (Å²) in [4.78, 5) is 28.6. The van der Waals surface area contributed by atoms with Crippen molar-refractivity contribution in [2.75, 3.05) is 0 Å². The second kappa shape index (κ2) is 9.73. The number of carboxylic acids is 1. The van der Waals surface area contributed by atoms with Gasteiger partial charge in [-0.05, 0) is 34.2 Å². The van der Waals surface area contributed by atoms with E-state index < -0.39 is 5.97 Å². The van der Waals surface area contributed by atoms with Crippen molar-refractivity contribution in [2.45, 2.75) is 19.5 Å². The molecule has 160 valence electrons. The van der Waals surface area contributed by atoms with E-state index in [9.17, 15) is 9.59 Å². The minimum absolute atomic E-state index is 0.139. The second-order valence-corrected chi connectivity index (χ2v) is 7.94. The SMILES string of the molecule is O=C(O)Cc1cnc(C(=O)c2ccc(CNCc3ccc(Cl)cc3)cc2)c2ccccc12. The average molecular weight is 445 g/mol. The summed E-state index contributed by atoms with van der Waals surface area (Å²) in [6, 6.07) is 22.4. The Kier molecular flexibility index (Phi) is 6.59. The lowest BCUT2D eigenvalue weighted by atomic mass is 9.98. The van der Waals surface area contributed by atoms with Crippen LogP contribution in [-0.4, -0.2) is 21.8 Å². The molecule has 3 aromatic carbocycles. The molecule has 0 aliphatic heterocycles. The van der Waals surface area contributed by atoms with Crippen LogP contribution < -0.4 is 5.32 Å². The van der Waals surface area contributed by atoms with E-state index in [4.69, 9.17) is 16.7 Å². The van der Waals surface area contributed by atoms with E-state index in [1.54, 1.807) is 18.2 Å². The van der Waals surface area contributed by atoms with E-state index in [0.29, 0.717) is 33.8 Å². The molecule has 0 spiro atoms. The van der Waals surface area contributed by atoms with Crippen molar-refractivity contribution < 1.29 is 14.7 Å². The fraction of sp³-hybridized carbons (Fsp3) is 0.115. The summed E-state index contributed by atoms with van der Waals surface area (Å²) in [6.07, 6.45) is 1.35. The van der Waals surface area contributed by atoms with Crippen molar-refractivity contribution in [3.8, 4) is 0 Å². The van der Waals surface area contributed by atoms with Crippen molar-refractivity contribution in [3.63, 3.8) is 0 Å². The van der Waals surface area contributed by atoms with Gasteiger partial charge >= 0.3 is 5.97 Å². The molecule has 0 saturated carbocycles. The monoisotopic (exact) mass is 444 g/mol. The van der Waals surface area contributed by atoms with Gasteiger partial charge in [0.05, 0.1) is 6.42 Å². The minimum atomic E-state index is -0.934. The molecular formula is C26H21ClN2O3. The molecule has 0 saturated heterocycles. The van der Waals surface area contributed by atoms with Crippen LogP contribution >= 0.6 is 11.6 Å². The molecule has 0 fully saturated rings. The van der Waals surface area contributed by atoms with E-state index in [2.05, 4.69) is 10.3 Å². The quantitative estimate of drug-likeness (QED) is 0.372. The van der Waals surface area contributed by atoms with Crippen LogP contribution in [0.1, 0.15) is 32.7 Å². The number of ketones is 1. The third kappa shape index (κ3) is 5.02. The van der Waals surface area contributed by atoms with E-state index in [1.165, 1.54) is 6.20 Å². The predicted octanol–water partition coefficient (Wildman–Crippen LogP) is 5.04. The molecule has 0 aliphatic rings. The van der Waals surface area contributed by atoms with E-state index in [-0.39, 0.29) is 12.2 Å². The Morgan fingerprint density at radius 2 is 1.44 bits per heavy atom. The Labute approximate surface area is 190 Å². The van der Waals surface area contributed by atoms with Gasteiger partial charge in [0, 0.05) is 35.3 Å². The third-order valence-electron chi connectivity index (χ3n) is 5.22. The van der Waals surface area contributed by atoms with Gasteiger partial charge in [0.1, 0.15) is 5.69 Å².